The highest BCUT2D eigenvalue weighted by Crippen LogP contribution is 2.60. The fourth-order valence-electron chi connectivity index (χ4n) is 6.13. The van der Waals surface area contributed by atoms with Crippen molar-refractivity contribution in [3.05, 3.63) is 0 Å². The minimum absolute atomic E-state index is 0. The molecule has 0 aromatic heterocycles. The Balaban J connectivity index is 0.00000210. The van der Waals surface area contributed by atoms with E-state index in [9.17, 15) is 0 Å². The predicted octanol–water partition coefficient (Wildman–Crippen LogP) is 3.24. The van der Waals surface area contributed by atoms with Crippen LogP contribution < -0.4 is 10.6 Å². The third kappa shape index (κ3) is 3.87. The van der Waals surface area contributed by atoms with Gasteiger partial charge in [-0.05, 0) is 46.0 Å². The molecule has 2 saturated heterocycles. The van der Waals surface area contributed by atoms with Crippen LogP contribution in [0.5, 0.6) is 0 Å². The van der Waals surface area contributed by atoms with E-state index in [-0.39, 0.29) is 24.0 Å². The van der Waals surface area contributed by atoms with Crippen LogP contribution in [0, 0.1) is 17.3 Å². The zero-order valence-electron chi connectivity index (χ0n) is 17.5. The Morgan fingerprint density at radius 1 is 1.22 bits per heavy atom. The number of rotatable bonds is 4. The summed E-state index contributed by atoms with van der Waals surface area (Å²) in [6.45, 7) is 13.2. The largest absolute Gasteiger partial charge is 0.377 e. The molecule has 6 heteroatoms. The molecule has 5 unspecified atom stereocenters. The van der Waals surface area contributed by atoms with Crippen molar-refractivity contribution in [2.75, 3.05) is 26.2 Å². The summed E-state index contributed by atoms with van der Waals surface area (Å²) in [6.07, 6.45) is 7.10. The van der Waals surface area contributed by atoms with Gasteiger partial charge in [-0.2, -0.15) is 0 Å². The summed E-state index contributed by atoms with van der Waals surface area (Å²) in [4.78, 5) is 7.40. The van der Waals surface area contributed by atoms with Crippen LogP contribution in [0.25, 0.3) is 0 Å². The van der Waals surface area contributed by atoms with E-state index in [1.807, 2.05) is 0 Å². The highest BCUT2D eigenvalue weighted by atomic mass is 127. The minimum Gasteiger partial charge on any atom is -0.377 e. The number of guanidine groups is 1. The van der Waals surface area contributed by atoms with Gasteiger partial charge in [0.15, 0.2) is 5.96 Å². The number of likely N-dealkylation sites (tertiary alicyclic amines) is 1. The van der Waals surface area contributed by atoms with Gasteiger partial charge in [0.05, 0.1) is 6.10 Å². The van der Waals surface area contributed by atoms with Gasteiger partial charge in [0.25, 0.3) is 0 Å². The number of nitrogens with one attached hydrogen (secondary N) is 2. The maximum absolute atomic E-state index is 6.15. The van der Waals surface area contributed by atoms with Crippen LogP contribution in [-0.2, 0) is 4.74 Å². The number of nitrogens with zero attached hydrogens (tertiary/aromatic N) is 2. The first kappa shape index (κ1) is 21.6. The Bertz CT molecular complexity index is 534. The molecule has 5 atom stereocenters. The summed E-state index contributed by atoms with van der Waals surface area (Å²) >= 11 is 0. The second kappa shape index (κ2) is 8.74. The fourth-order valence-corrected chi connectivity index (χ4v) is 6.13. The molecular weight excluding hydrogens is 451 g/mol. The molecule has 0 aromatic rings. The van der Waals surface area contributed by atoms with Crippen molar-refractivity contribution in [2.45, 2.75) is 84.0 Å². The normalized spacial score (nSPS) is 38.0. The maximum atomic E-state index is 6.15. The lowest BCUT2D eigenvalue weighted by Gasteiger charge is -2.57. The van der Waals surface area contributed by atoms with E-state index < -0.39 is 0 Å². The Morgan fingerprint density at radius 3 is 2.59 bits per heavy atom. The van der Waals surface area contributed by atoms with E-state index in [0.29, 0.717) is 41.5 Å². The summed E-state index contributed by atoms with van der Waals surface area (Å²) in [6, 6.07) is 1.66. The van der Waals surface area contributed by atoms with E-state index in [4.69, 9.17) is 9.73 Å². The Morgan fingerprint density at radius 2 is 1.96 bits per heavy atom. The van der Waals surface area contributed by atoms with Gasteiger partial charge in [0.1, 0.15) is 0 Å². The lowest BCUT2D eigenvalue weighted by Crippen LogP contribution is -2.69. The molecule has 0 bridgehead atoms. The van der Waals surface area contributed by atoms with Crippen molar-refractivity contribution in [3.8, 4) is 0 Å². The van der Waals surface area contributed by atoms with Gasteiger partial charge < -0.3 is 15.4 Å². The molecule has 2 saturated carbocycles. The Kier molecular flexibility index (Phi) is 7.00. The molecule has 5 nitrogen and oxygen atoms in total. The number of aliphatic imine (C=N–C) groups is 1. The molecule has 0 aromatic carbocycles. The van der Waals surface area contributed by atoms with Crippen molar-refractivity contribution < 1.29 is 4.74 Å². The van der Waals surface area contributed by atoms with Gasteiger partial charge in [-0.3, -0.25) is 9.89 Å². The quantitative estimate of drug-likeness (QED) is 0.361. The molecule has 2 aliphatic carbocycles. The van der Waals surface area contributed by atoms with Gasteiger partial charge >= 0.3 is 0 Å². The molecule has 27 heavy (non-hydrogen) atoms. The zero-order chi connectivity index (χ0) is 18.3. The molecule has 1 spiro atoms. The lowest BCUT2D eigenvalue weighted by molar-refractivity contribution is -0.125. The van der Waals surface area contributed by atoms with Crippen LogP contribution in [0.4, 0.5) is 0 Å². The average molecular weight is 490 g/mol. The monoisotopic (exact) mass is 490 g/mol. The summed E-state index contributed by atoms with van der Waals surface area (Å²) in [5.41, 5.74) is 0.378. The van der Waals surface area contributed by atoms with Gasteiger partial charge in [-0.1, -0.05) is 19.8 Å². The summed E-state index contributed by atoms with van der Waals surface area (Å²) < 4.78 is 6.15. The lowest BCUT2D eigenvalue weighted by atomic mass is 9.54. The van der Waals surface area contributed by atoms with Crippen LogP contribution in [-0.4, -0.2) is 61.3 Å². The van der Waals surface area contributed by atoms with Crippen molar-refractivity contribution >= 4 is 29.9 Å². The van der Waals surface area contributed by atoms with Gasteiger partial charge in [-0.25, -0.2) is 0 Å². The zero-order valence-corrected chi connectivity index (χ0v) is 19.9. The van der Waals surface area contributed by atoms with Gasteiger partial charge in [0.2, 0.25) is 0 Å². The fraction of sp³-hybridized carbons (Fsp3) is 0.952. The van der Waals surface area contributed by atoms with Gasteiger partial charge in [-0.15, -0.1) is 24.0 Å². The average Bonchev–Trinajstić information content (AvgIpc) is 3.32. The highest BCUT2D eigenvalue weighted by molar-refractivity contribution is 14.0. The van der Waals surface area contributed by atoms with Crippen LogP contribution in [0.1, 0.15) is 59.8 Å². The van der Waals surface area contributed by atoms with Crippen LogP contribution in [0.2, 0.25) is 0 Å². The first-order valence-electron chi connectivity index (χ1n) is 11.0. The number of hydrogen-bond donors (Lipinski definition) is 2. The number of hydrogen-bond acceptors (Lipinski definition) is 3. The number of ether oxygens (including phenoxy) is 1. The summed E-state index contributed by atoms with van der Waals surface area (Å²) in [7, 11) is 0. The van der Waals surface area contributed by atoms with Crippen molar-refractivity contribution in [2.24, 2.45) is 22.2 Å². The second-order valence-corrected chi connectivity index (χ2v) is 9.40. The highest BCUT2D eigenvalue weighted by Gasteiger charge is 2.65. The smallest absolute Gasteiger partial charge is 0.191 e. The molecule has 4 fully saturated rings. The van der Waals surface area contributed by atoms with Gasteiger partial charge in [0, 0.05) is 55.7 Å². The van der Waals surface area contributed by atoms with E-state index in [1.165, 1.54) is 38.6 Å². The predicted molar refractivity (Wildman–Crippen MR) is 122 cm³/mol. The Labute approximate surface area is 182 Å². The summed E-state index contributed by atoms with van der Waals surface area (Å²) in [5.74, 6) is 2.38. The van der Waals surface area contributed by atoms with Crippen LogP contribution in [0.15, 0.2) is 4.99 Å². The number of halogens is 1. The summed E-state index contributed by atoms with van der Waals surface area (Å²) in [5, 5.41) is 7.68. The topological polar surface area (TPSA) is 48.9 Å². The second-order valence-electron chi connectivity index (χ2n) is 9.40. The first-order valence-corrected chi connectivity index (χ1v) is 11.0. The standard InChI is InChI=1S/C21H38N4O.HI/c1-5-22-20(23-17-13-25(14(2)3)12-15(17)4)24-18-16-8-11-26-19(16)21(18)9-6-7-10-21;/h14-19H,5-13H2,1-4H3,(H2,22,23,24);1H. The van der Waals surface area contributed by atoms with E-state index in [0.717, 1.165) is 25.7 Å². The van der Waals surface area contributed by atoms with E-state index in [2.05, 4.69) is 43.2 Å². The first-order chi connectivity index (χ1) is 12.5. The van der Waals surface area contributed by atoms with Crippen LogP contribution >= 0.6 is 24.0 Å². The number of fused-ring (bicyclic) bond motifs is 2. The SMILES string of the molecule is CCN=C(NC1CN(C(C)C)CC1C)NC1C2CCOC2C12CCCC2.I. The minimum atomic E-state index is 0. The van der Waals surface area contributed by atoms with Crippen molar-refractivity contribution in [1.29, 1.82) is 0 Å². The molecule has 156 valence electrons. The molecule has 2 heterocycles. The Hall–Kier alpha value is -0.0800. The third-order valence-electron chi connectivity index (χ3n) is 7.59. The van der Waals surface area contributed by atoms with Crippen molar-refractivity contribution in [1.82, 2.24) is 15.5 Å². The van der Waals surface area contributed by atoms with Crippen LogP contribution in [0.3, 0.4) is 0 Å². The molecule has 2 aliphatic heterocycles. The van der Waals surface area contributed by atoms with E-state index >= 15 is 0 Å². The maximum Gasteiger partial charge on any atom is 0.191 e. The third-order valence-corrected chi connectivity index (χ3v) is 7.59. The molecule has 0 amide bonds. The molecule has 2 N–H and O–H groups in total. The molecule has 0 radical (unpaired) electrons. The molecule has 4 rings (SSSR count). The van der Waals surface area contributed by atoms with E-state index in [1.54, 1.807) is 0 Å². The molecular formula is C21H39IN4O. The molecule has 4 aliphatic rings. The van der Waals surface area contributed by atoms with Crippen molar-refractivity contribution in [3.63, 3.8) is 0 Å².